The van der Waals surface area contributed by atoms with Gasteiger partial charge in [0, 0.05) is 26.2 Å². The lowest BCUT2D eigenvalue weighted by Crippen LogP contribution is -2.51. The molecule has 146 valence electrons. The Morgan fingerprint density at radius 2 is 1.96 bits per heavy atom. The zero-order valence-corrected chi connectivity index (χ0v) is 18.1. The number of nitrogens with zero attached hydrogens (tertiary/aromatic N) is 2. The lowest BCUT2D eigenvalue weighted by Gasteiger charge is -2.33. The summed E-state index contributed by atoms with van der Waals surface area (Å²) < 4.78 is 11.7. The summed E-state index contributed by atoms with van der Waals surface area (Å²) in [6.07, 6.45) is 3.54. The summed E-state index contributed by atoms with van der Waals surface area (Å²) in [4.78, 5) is 6.89. The smallest absolute Gasteiger partial charge is 0.191 e. The van der Waals surface area contributed by atoms with Crippen LogP contribution in [0.2, 0.25) is 0 Å². The Kier molecular flexibility index (Phi) is 8.77. The zero-order valence-electron chi connectivity index (χ0n) is 15.7. The number of para-hydroxylation sites is 2. The van der Waals surface area contributed by atoms with Crippen LogP contribution in [0.5, 0.6) is 11.5 Å². The number of likely N-dealkylation sites (tertiary alicyclic amines) is 1. The second-order valence-electron chi connectivity index (χ2n) is 6.71. The number of fused-ring (bicyclic) bond motifs is 1. The van der Waals surface area contributed by atoms with Crippen molar-refractivity contribution in [1.82, 2.24) is 15.5 Å². The van der Waals surface area contributed by atoms with Crippen molar-refractivity contribution in [2.24, 2.45) is 4.99 Å². The molecule has 2 heterocycles. The number of aliphatic imine (C=N–C) groups is 1. The molecule has 2 N–H and O–H groups in total. The van der Waals surface area contributed by atoms with E-state index in [4.69, 9.17) is 9.47 Å². The normalized spacial score (nSPS) is 21.0. The highest BCUT2D eigenvalue weighted by molar-refractivity contribution is 14.0. The highest BCUT2D eigenvalue weighted by Crippen LogP contribution is 2.30. The van der Waals surface area contributed by atoms with Gasteiger partial charge in [0.25, 0.3) is 0 Å². The average molecular weight is 474 g/mol. The van der Waals surface area contributed by atoms with Gasteiger partial charge in [0.05, 0.1) is 6.54 Å². The van der Waals surface area contributed by atoms with E-state index in [0.29, 0.717) is 19.2 Å². The van der Waals surface area contributed by atoms with E-state index in [1.807, 2.05) is 31.3 Å². The Bertz CT molecular complexity index is 576. The molecule has 0 aromatic heterocycles. The molecular weight excluding hydrogens is 443 g/mol. The molecule has 1 aromatic carbocycles. The molecule has 2 aliphatic heterocycles. The zero-order chi connectivity index (χ0) is 17.5. The Labute approximate surface area is 173 Å². The Morgan fingerprint density at radius 3 is 2.65 bits per heavy atom. The third kappa shape index (κ3) is 5.90. The molecule has 1 atom stereocenters. The molecule has 0 amide bonds. The first kappa shape index (κ1) is 21.1. The lowest BCUT2D eigenvalue weighted by atomic mass is 10.1. The van der Waals surface area contributed by atoms with E-state index in [9.17, 15) is 0 Å². The number of halogens is 1. The van der Waals surface area contributed by atoms with Crippen molar-refractivity contribution in [3.8, 4) is 11.5 Å². The van der Waals surface area contributed by atoms with Gasteiger partial charge in [-0.15, -0.1) is 24.0 Å². The Hall–Kier alpha value is -1.22. The standard InChI is InChI=1S/C19H30N4O2.HI/c1-3-10-23-11-8-15(9-12-23)22-19(20-2)21-13-16-14-24-17-6-4-5-7-18(17)25-16;/h4-7,15-16H,3,8-14H2,1-2H3,(H2,20,21,22);1H. The number of guanidine groups is 1. The molecule has 0 saturated carbocycles. The van der Waals surface area contributed by atoms with Crippen LogP contribution in [-0.4, -0.2) is 62.8 Å². The van der Waals surface area contributed by atoms with Crippen LogP contribution in [0, 0.1) is 0 Å². The first-order chi connectivity index (χ1) is 12.3. The van der Waals surface area contributed by atoms with Gasteiger partial charge in [-0.2, -0.15) is 0 Å². The van der Waals surface area contributed by atoms with Crippen molar-refractivity contribution >= 4 is 29.9 Å². The number of ether oxygens (including phenoxy) is 2. The maximum absolute atomic E-state index is 5.98. The molecule has 0 aliphatic carbocycles. The molecule has 26 heavy (non-hydrogen) atoms. The van der Waals surface area contributed by atoms with E-state index in [1.165, 1.54) is 26.1 Å². The maximum atomic E-state index is 5.98. The molecule has 6 nitrogen and oxygen atoms in total. The van der Waals surface area contributed by atoms with E-state index >= 15 is 0 Å². The summed E-state index contributed by atoms with van der Waals surface area (Å²) in [6, 6.07) is 8.29. The predicted molar refractivity (Wildman–Crippen MR) is 116 cm³/mol. The third-order valence-electron chi connectivity index (χ3n) is 4.76. The maximum Gasteiger partial charge on any atom is 0.191 e. The van der Waals surface area contributed by atoms with Gasteiger partial charge in [-0.05, 0) is 37.9 Å². The number of rotatable bonds is 5. The molecule has 1 unspecified atom stereocenters. The second-order valence-corrected chi connectivity index (χ2v) is 6.71. The van der Waals surface area contributed by atoms with Crippen LogP contribution < -0.4 is 20.1 Å². The highest BCUT2D eigenvalue weighted by Gasteiger charge is 2.22. The van der Waals surface area contributed by atoms with E-state index in [2.05, 4.69) is 27.4 Å². The van der Waals surface area contributed by atoms with Gasteiger partial charge in [0.1, 0.15) is 12.7 Å². The van der Waals surface area contributed by atoms with Gasteiger partial charge >= 0.3 is 0 Å². The summed E-state index contributed by atoms with van der Waals surface area (Å²) in [7, 11) is 1.81. The van der Waals surface area contributed by atoms with Crippen molar-refractivity contribution in [3.63, 3.8) is 0 Å². The van der Waals surface area contributed by atoms with Crippen molar-refractivity contribution in [2.45, 2.75) is 38.3 Å². The van der Waals surface area contributed by atoms with Crippen LogP contribution >= 0.6 is 24.0 Å². The Morgan fingerprint density at radius 1 is 1.23 bits per heavy atom. The third-order valence-corrected chi connectivity index (χ3v) is 4.76. The average Bonchev–Trinajstić information content (AvgIpc) is 2.66. The first-order valence-corrected chi connectivity index (χ1v) is 9.36. The number of benzene rings is 1. The predicted octanol–water partition coefficient (Wildman–Crippen LogP) is 2.48. The van der Waals surface area contributed by atoms with Crippen LogP contribution in [0.1, 0.15) is 26.2 Å². The van der Waals surface area contributed by atoms with Gasteiger partial charge in [-0.1, -0.05) is 19.1 Å². The SMILES string of the molecule is CCCN1CCC(NC(=NC)NCC2COc3ccccc3O2)CC1.I. The summed E-state index contributed by atoms with van der Waals surface area (Å²) >= 11 is 0. The highest BCUT2D eigenvalue weighted by atomic mass is 127. The van der Waals surface area contributed by atoms with Crippen LogP contribution in [-0.2, 0) is 0 Å². The van der Waals surface area contributed by atoms with Crippen molar-refractivity contribution in [1.29, 1.82) is 0 Å². The van der Waals surface area contributed by atoms with E-state index in [0.717, 1.165) is 30.3 Å². The molecule has 1 saturated heterocycles. The second kappa shape index (κ2) is 10.8. The number of hydrogen-bond donors (Lipinski definition) is 2. The van der Waals surface area contributed by atoms with Crippen LogP contribution in [0.25, 0.3) is 0 Å². The van der Waals surface area contributed by atoms with Crippen molar-refractivity contribution in [3.05, 3.63) is 24.3 Å². The molecule has 0 spiro atoms. The minimum Gasteiger partial charge on any atom is -0.486 e. The minimum absolute atomic E-state index is 0. The monoisotopic (exact) mass is 474 g/mol. The van der Waals surface area contributed by atoms with Crippen LogP contribution in [0.15, 0.2) is 29.3 Å². The molecule has 3 rings (SSSR count). The number of piperidine rings is 1. The molecular formula is C19H31IN4O2. The van der Waals surface area contributed by atoms with E-state index in [-0.39, 0.29) is 30.1 Å². The lowest BCUT2D eigenvalue weighted by molar-refractivity contribution is 0.0935. The molecule has 1 aromatic rings. The quantitative estimate of drug-likeness (QED) is 0.390. The van der Waals surface area contributed by atoms with Gasteiger partial charge in [0.2, 0.25) is 0 Å². The molecule has 2 aliphatic rings. The molecule has 7 heteroatoms. The van der Waals surface area contributed by atoms with Gasteiger partial charge in [0.15, 0.2) is 17.5 Å². The van der Waals surface area contributed by atoms with Gasteiger partial charge in [-0.3, -0.25) is 4.99 Å². The number of hydrogen-bond acceptors (Lipinski definition) is 4. The van der Waals surface area contributed by atoms with E-state index in [1.54, 1.807) is 0 Å². The molecule has 1 fully saturated rings. The fourth-order valence-corrected chi connectivity index (χ4v) is 3.38. The van der Waals surface area contributed by atoms with Gasteiger partial charge in [-0.25, -0.2) is 0 Å². The fraction of sp³-hybridized carbons (Fsp3) is 0.632. The van der Waals surface area contributed by atoms with Crippen molar-refractivity contribution < 1.29 is 9.47 Å². The largest absolute Gasteiger partial charge is 0.486 e. The summed E-state index contributed by atoms with van der Waals surface area (Å²) in [5, 5.41) is 6.92. The van der Waals surface area contributed by atoms with Gasteiger partial charge < -0.3 is 25.0 Å². The Balaban J connectivity index is 0.00000243. The summed E-state index contributed by atoms with van der Waals surface area (Å²) in [6.45, 7) is 7.00. The van der Waals surface area contributed by atoms with Crippen molar-refractivity contribution in [2.75, 3.05) is 39.8 Å². The van der Waals surface area contributed by atoms with E-state index < -0.39 is 0 Å². The fourth-order valence-electron chi connectivity index (χ4n) is 3.38. The summed E-state index contributed by atoms with van der Waals surface area (Å²) in [5.74, 6) is 2.48. The topological polar surface area (TPSA) is 58.1 Å². The molecule has 0 radical (unpaired) electrons. The summed E-state index contributed by atoms with van der Waals surface area (Å²) in [5.41, 5.74) is 0. The number of nitrogens with one attached hydrogen (secondary N) is 2. The van der Waals surface area contributed by atoms with Crippen LogP contribution in [0.3, 0.4) is 0 Å². The van der Waals surface area contributed by atoms with Crippen LogP contribution in [0.4, 0.5) is 0 Å². The minimum atomic E-state index is -0.0140. The molecule has 0 bridgehead atoms. The first-order valence-electron chi connectivity index (χ1n) is 9.36.